The van der Waals surface area contributed by atoms with Gasteiger partial charge in [0.15, 0.2) is 11.5 Å². The van der Waals surface area contributed by atoms with E-state index in [9.17, 15) is 4.39 Å². The van der Waals surface area contributed by atoms with Crippen LogP contribution < -0.4 is 20.1 Å². The summed E-state index contributed by atoms with van der Waals surface area (Å²) in [6.45, 7) is 2.39. The Morgan fingerprint density at radius 3 is 2.52 bits per heavy atom. The Kier molecular flexibility index (Phi) is 5.71. The molecule has 6 nitrogen and oxygen atoms in total. The normalized spacial score (nSPS) is 10.4. The van der Waals surface area contributed by atoms with Crippen LogP contribution in [0.2, 0.25) is 0 Å². The minimum Gasteiger partial charge on any atom is -0.493 e. The zero-order chi connectivity index (χ0) is 19.2. The van der Waals surface area contributed by atoms with Crippen LogP contribution in [0.25, 0.3) is 0 Å². The van der Waals surface area contributed by atoms with Crippen molar-refractivity contribution in [3.63, 3.8) is 0 Å². The topological polar surface area (TPSA) is 68.3 Å². The molecule has 3 rings (SSSR count). The highest BCUT2D eigenvalue weighted by atomic mass is 19.1. The van der Waals surface area contributed by atoms with Crippen molar-refractivity contribution in [2.24, 2.45) is 0 Å². The van der Waals surface area contributed by atoms with E-state index in [1.165, 1.54) is 12.1 Å². The second kappa shape index (κ2) is 8.35. The molecule has 0 saturated carbocycles. The molecule has 0 saturated heterocycles. The number of halogens is 1. The maximum atomic E-state index is 13.3. The van der Waals surface area contributed by atoms with Gasteiger partial charge in [0.05, 0.1) is 14.2 Å². The van der Waals surface area contributed by atoms with Gasteiger partial charge in [-0.15, -0.1) is 0 Å². The van der Waals surface area contributed by atoms with E-state index in [2.05, 4.69) is 20.6 Å². The van der Waals surface area contributed by atoms with Gasteiger partial charge in [-0.1, -0.05) is 12.1 Å². The largest absolute Gasteiger partial charge is 0.493 e. The van der Waals surface area contributed by atoms with Crippen LogP contribution >= 0.6 is 0 Å². The number of benzene rings is 2. The fourth-order valence-electron chi connectivity index (χ4n) is 2.60. The van der Waals surface area contributed by atoms with Crippen LogP contribution in [-0.4, -0.2) is 24.2 Å². The van der Waals surface area contributed by atoms with Gasteiger partial charge >= 0.3 is 0 Å². The molecule has 0 aliphatic rings. The Hall–Kier alpha value is -3.35. The number of anilines is 3. The lowest BCUT2D eigenvalue weighted by atomic mass is 10.2. The quantitative estimate of drug-likeness (QED) is 0.648. The molecular weight excluding hydrogens is 347 g/mol. The number of nitrogens with zero attached hydrogens (tertiary/aromatic N) is 2. The van der Waals surface area contributed by atoms with Gasteiger partial charge in [-0.05, 0) is 42.8 Å². The maximum absolute atomic E-state index is 13.3. The molecule has 27 heavy (non-hydrogen) atoms. The summed E-state index contributed by atoms with van der Waals surface area (Å²) in [5, 5.41) is 6.29. The highest BCUT2D eigenvalue weighted by Gasteiger charge is 2.07. The van der Waals surface area contributed by atoms with Gasteiger partial charge in [0.25, 0.3) is 0 Å². The zero-order valence-corrected chi connectivity index (χ0v) is 15.4. The summed E-state index contributed by atoms with van der Waals surface area (Å²) in [4.78, 5) is 8.83. The first-order valence-electron chi connectivity index (χ1n) is 8.40. The molecule has 0 unspecified atom stereocenters. The summed E-state index contributed by atoms with van der Waals surface area (Å²) >= 11 is 0. The van der Waals surface area contributed by atoms with E-state index < -0.39 is 0 Å². The number of rotatable bonds is 7. The second-order valence-corrected chi connectivity index (χ2v) is 5.90. The Balaban J connectivity index is 1.73. The van der Waals surface area contributed by atoms with Crippen LogP contribution in [0.1, 0.15) is 11.3 Å². The molecule has 0 aliphatic heterocycles. The summed E-state index contributed by atoms with van der Waals surface area (Å²) in [5.41, 5.74) is 2.41. The highest BCUT2D eigenvalue weighted by molar-refractivity contribution is 5.57. The molecule has 0 aliphatic carbocycles. The first-order valence-corrected chi connectivity index (χ1v) is 8.40. The standard InChI is InChI=1S/C20H21FN4O2/c1-13-9-19(24-16-6-4-5-15(21)11-16)25-20(23-13)22-12-14-7-8-17(26-2)18(10-14)27-3/h4-11H,12H2,1-3H3,(H2,22,23,24,25). The van der Waals surface area contributed by atoms with E-state index in [0.29, 0.717) is 35.5 Å². The number of hydrogen-bond donors (Lipinski definition) is 2. The minimum atomic E-state index is -0.308. The van der Waals surface area contributed by atoms with E-state index in [4.69, 9.17) is 9.47 Å². The number of methoxy groups -OCH3 is 2. The van der Waals surface area contributed by atoms with E-state index in [1.807, 2.05) is 25.1 Å². The highest BCUT2D eigenvalue weighted by Crippen LogP contribution is 2.27. The van der Waals surface area contributed by atoms with Gasteiger partial charge in [-0.2, -0.15) is 4.98 Å². The monoisotopic (exact) mass is 368 g/mol. The first-order chi connectivity index (χ1) is 13.1. The van der Waals surface area contributed by atoms with Crippen molar-refractivity contribution in [1.29, 1.82) is 0 Å². The van der Waals surface area contributed by atoms with Crippen LogP contribution in [0, 0.1) is 12.7 Å². The minimum absolute atomic E-state index is 0.308. The Morgan fingerprint density at radius 1 is 0.963 bits per heavy atom. The zero-order valence-electron chi connectivity index (χ0n) is 15.4. The van der Waals surface area contributed by atoms with Crippen LogP contribution in [-0.2, 0) is 6.54 Å². The number of aromatic nitrogens is 2. The molecule has 0 bridgehead atoms. The maximum Gasteiger partial charge on any atom is 0.225 e. The van der Waals surface area contributed by atoms with Gasteiger partial charge in [-0.3, -0.25) is 0 Å². The summed E-state index contributed by atoms with van der Waals surface area (Å²) in [6.07, 6.45) is 0. The van der Waals surface area contributed by atoms with Crippen molar-refractivity contribution in [3.8, 4) is 11.5 Å². The Labute approximate surface area is 157 Å². The van der Waals surface area contributed by atoms with Crippen molar-refractivity contribution in [2.75, 3.05) is 24.9 Å². The molecule has 2 aromatic carbocycles. The molecule has 0 fully saturated rings. The Bertz CT molecular complexity index is 934. The van der Waals surface area contributed by atoms with E-state index >= 15 is 0 Å². The lowest BCUT2D eigenvalue weighted by molar-refractivity contribution is 0.354. The van der Waals surface area contributed by atoms with Gasteiger partial charge in [0, 0.05) is 24.0 Å². The van der Waals surface area contributed by atoms with E-state index in [1.54, 1.807) is 32.4 Å². The number of nitrogens with one attached hydrogen (secondary N) is 2. The number of hydrogen-bond acceptors (Lipinski definition) is 6. The molecule has 1 heterocycles. The average molecular weight is 368 g/mol. The van der Waals surface area contributed by atoms with Gasteiger partial charge in [0.1, 0.15) is 11.6 Å². The van der Waals surface area contributed by atoms with E-state index in [0.717, 1.165) is 11.3 Å². The molecule has 0 radical (unpaired) electrons. The van der Waals surface area contributed by atoms with Crippen LogP contribution in [0.15, 0.2) is 48.5 Å². The Morgan fingerprint density at radius 2 is 1.78 bits per heavy atom. The van der Waals surface area contributed by atoms with E-state index in [-0.39, 0.29) is 5.82 Å². The van der Waals surface area contributed by atoms with Crippen molar-refractivity contribution < 1.29 is 13.9 Å². The molecule has 0 atom stereocenters. The lowest BCUT2D eigenvalue weighted by Crippen LogP contribution is -2.06. The fraction of sp³-hybridized carbons (Fsp3) is 0.200. The summed E-state index contributed by atoms with van der Waals surface area (Å²) in [7, 11) is 3.20. The number of ether oxygens (including phenoxy) is 2. The predicted octanol–water partition coefficient (Wildman–Crippen LogP) is 4.30. The van der Waals surface area contributed by atoms with Gasteiger partial charge < -0.3 is 20.1 Å². The smallest absolute Gasteiger partial charge is 0.225 e. The third-order valence-corrected chi connectivity index (χ3v) is 3.85. The SMILES string of the molecule is COc1ccc(CNc2nc(C)cc(Nc3cccc(F)c3)n2)cc1OC. The average Bonchev–Trinajstić information content (AvgIpc) is 2.65. The summed E-state index contributed by atoms with van der Waals surface area (Å²) < 4.78 is 23.9. The van der Waals surface area contributed by atoms with Crippen LogP contribution in [0.5, 0.6) is 11.5 Å². The lowest BCUT2D eigenvalue weighted by Gasteiger charge is -2.12. The van der Waals surface area contributed by atoms with Crippen molar-refractivity contribution in [2.45, 2.75) is 13.5 Å². The molecule has 0 amide bonds. The van der Waals surface area contributed by atoms with Crippen LogP contribution in [0.4, 0.5) is 21.8 Å². The molecular formula is C20H21FN4O2. The molecule has 140 valence electrons. The van der Waals surface area contributed by atoms with Crippen molar-refractivity contribution >= 4 is 17.5 Å². The molecule has 7 heteroatoms. The van der Waals surface area contributed by atoms with Crippen molar-refractivity contribution in [1.82, 2.24) is 9.97 Å². The predicted molar refractivity (Wildman–Crippen MR) is 103 cm³/mol. The van der Waals surface area contributed by atoms with Crippen LogP contribution in [0.3, 0.4) is 0 Å². The summed E-state index contributed by atoms with van der Waals surface area (Å²) in [5.74, 6) is 2.09. The molecule has 1 aromatic heterocycles. The van der Waals surface area contributed by atoms with Crippen molar-refractivity contribution in [3.05, 3.63) is 65.6 Å². The fourth-order valence-corrected chi connectivity index (χ4v) is 2.60. The number of aryl methyl sites for hydroxylation is 1. The molecule has 0 spiro atoms. The van der Waals surface area contributed by atoms with Gasteiger partial charge in [-0.25, -0.2) is 9.37 Å². The molecule has 2 N–H and O–H groups in total. The van der Waals surface area contributed by atoms with Gasteiger partial charge in [0.2, 0.25) is 5.95 Å². The first kappa shape index (κ1) is 18.4. The summed E-state index contributed by atoms with van der Waals surface area (Å²) in [6, 6.07) is 13.7. The second-order valence-electron chi connectivity index (χ2n) is 5.90. The molecule has 3 aromatic rings. The third-order valence-electron chi connectivity index (χ3n) is 3.85. The third kappa shape index (κ3) is 4.84.